The topological polar surface area (TPSA) is 96.2 Å². The van der Waals surface area contributed by atoms with E-state index in [4.69, 9.17) is 18.0 Å². The van der Waals surface area contributed by atoms with E-state index in [2.05, 4.69) is 16.0 Å². The summed E-state index contributed by atoms with van der Waals surface area (Å²) in [4.78, 5) is 26.0. The molecule has 0 radical (unpaired) electrons. The lowest BCUT2D eigenvalue weighted by Crippen LogP contribution is -2.22. The lowest BCUT2D eigenvalue weighted by molar-refractivity contribution is -0.115. The fourth-order valence-electron chi connectivity index (χ4n) is 3.47. The number of para-hydroxylation sites is 2. The number of anilines is 3. The molecule has 0 fully saturated rings. The molecule has 0 spiro atoms. The van der Waals surface area contributed by atoms with Crippen LogP contribution in [0.2, 0.25) is 0 Å². The number of amides is 2. The second-order valence-electron chi connectivity index (χ2n) is 7.78. The van der Waals surface area contributed by atoms with E-state index in [9.17, 15) is 9.59 Å². The van der Waals surface area contributed by atoms with Crippen LogP contribution >= 0.6 is 24.0 Å². The molecule has 1 unspecified atom stereocenters. The maximum atomic E-state index is 13.4. The molecule has 0 saturated carbocycles. The maximum Gasteiger partial charge on any atom is 0.250 e. The molecule has 0 aromatic heterocycles. The molecule has 4 rings (SSSR count). The zero-order valence-electron chi connectivity index (χ0n) is 19.2. The van der Waals surface area contributed by atoms with E-state index < -0.39 is 11.2 Å². The van der Waals surface area contributed by atoms with Crippen LogP contribution in [0.25, 0.3) is 0 Å². The molecule has 0 aliphatic carbocycles. The van der Waals surface area contributed by atoms with Crippen LogP contribution in [-0.2, 0) is 4.79 Å². The van der Waals surface area contributed by atoms with Crippen molar-refractivity contribution in [2.24, 2.45) is 5.73 Å². The predicted molar refractivity (Wildman–Crippen MR) is 151 cm³/mol. The summed E-state index contributed by atoms with van der Waals surface area (Å²) >= 11 is 6.81. The van der Waals surface area contributed by atoms with Gasteiger partial charge in [0, 0.05) is 16.3 Å². The van der Waals surface area contributed by atoms with Crippen molar-refractivity contribution in [1.29, 1.82) is 0 Å². The predicted octanol–water partition coefficient (Wildman–Crippen LogP) is 6.07. The van der Waals surface area contributed by atoms with E-state index in [-0.39, 0.29) is 11.5 Å². The lowest BCUT2D eigenvalue weighted by atomic mass is 10.1. The third-order valence-electron chi connectivity index (χ3n) is 5.19. The van der Waals surface area contributed by atoms with Gasteiger partial charge in [0.25, 0.3) is 5.91 Å². The van der Waals surface area contributed by atoms with Crippen molar-refractivity contribution in [1.82, 2.24) is 0 Å². The molecule has 4 aromatic rings. The summed E-state index contributed by atoms with van der Waals surface area (Å²) in [6.45, 7) is 0. The van der Waals surface area contributed by atoms with Crippen molar-refractivity contribution < 1.29 is 9.59 Å². The summed E-state index contributed by atoms with van der Waals surface area (Å²) in [5.41, 5.74) is 8.69. The van der Waals surface area contributed by atoms with Crippen LogP contribution in [0.1, 0.15) is 21.2 Å². The molecule has 0 aliphatic rings. The van der Waals surface area contributed by atoms with Crippen LogP contribution in [0, 0.1) is 0 Å². The van der Waals surface area contributed by atoms with Crippen molar-refractivity contribution in [3.8, 4) is 0 Å². The Hall–Kier alpha value is -4.14. The first-order valence-corrected chi connectivity index (χ1v) is 12.4. The van der Waals surface area contributed by atoms with E-state index in [1.54, 1.807) is 24.3 Å². The monoisotopic (exact) mass is 512 g/mol. The highest BCUT2D eigenvalue weighted by molar-refractivity contribution is 8.00. The van der Waals surface area contributed by atoms with Gasteiger partial charge in [0.15, 0.2) is 5.11 Å². The third kappa shape index (κ3) is 6.71. The quantitative estimate of drug-likeness (QED) is 0.169. The van der Waals surface area contributed by atoms with Gasteiger partial charge < -0.3 is 21.7 Å². The minimum absolute atomic E-state index is 0.254. The summed E-state index contributed by atoms with van der Waals surface area (Å²) < 4.78 is 0. The summed E-state index contributed by atoms with van der Waals surface area (Å²) in [6.07, 6.45) is 0. The highest BCUT2D eigenvalue weighted by atomic mass is 32.2. The lowest BCUT2D eigenvalue weighted by Gasteiger charge is -2.18. The molecule has 0 saturated heterocycles. The van der Waals surface area contributed by atoms with Crippen molar-refractivity contribution in [3.05, 3.63) is 120 Å². The van der Waals surface area contributed by atoms with Crippen molar-refractivity contribution in [2.45, 2.75) is 10.1 Å². The second-order valence-corrected chi connectivity index (χ2v) is 9.36. The standard InChI is InChI=1S/C28H24N4O2S2/c29-26(33)23-13-7-8-14-24(23)32-27(34)25(19-9-3-1-4-10-19)36-22-17-15-21(16-18-22)31-28(35)30-20-11-5-2-6-12-20/h1-18,25H,(H2,29,33)(H,32,34)(H2,30,31,35). The number of hydrogen-bond acceptors (Lipinski definition) is 4. The molecule has 1 atom stereocenters. The van der Waals surface area contributed by atoms with E-state index in [1.807, 2.05) is 84.9 Å². The van der Waals surface area contributed by atoms with Crippen LogP contribution in [0.3, 0.4) is 0 Å². The largest absolute Gasteiger partial charge is 0.366 e. The molecule has 4 aromatic carbocycles. The van der Waals surface area contributed by atoms with Gasteiger partial charge in [-0.05, 0) is 66.3 Å². The Morgan fingerprint density at radius 2 is 1.25 bits per heavy atom. The number of hydrogen-bond donors (Lipinski definition) is 4. The number of primary amides is 1. The summed E-state index contributed by atoms with van der Waals surface area (Å²) in [6, 6.07) is 33.5. The van der Waals surface area contributed by atoms with Crippen LogP contribution in [0.5, 0.6) is 0 Å². The number of thioether (sulfide) groups is 1. The fourth-order valence-corrected chi connectivity index (χ4v) is 4.73. The molecule has 180 valence electrons. The number of rotatable bonds is 8. The second kappa shape index (κ2) is 12.0. The first-order valence-electron chi connectivity index (χ1n) is 11.1. The highest BCUT2D eigenvalue weighted by Crippen LogP contribution is 2.37. The number of carbonyl (C=O) groups is 2. The Kier molecular flexibility index (Phi) is 8.33. The van der Waals surface area contributed by atoms with E-state index in [1.165, 1.54) is 11.8 Å². The summed E-state index contributed by atoms with van der Waals surface area (Å²) in [7, 11) is 0. The zero-order valence-corrected chi connectivity index (χ0v) is 20.8. The van der Waals surface area contributed by atoms with Crippen molar-refractivity contribution in [2.75, 3.05) is 16.0 Å². The average Bonchev–Trinajstić information content (AvgIpc) is 2.89. The molecule has 6 nitrogen and oxygen atoms in total. The minimum atomic E-state index is -0.599. The van der Waals surface area contributed by atoms with Gasteiger partial charge in [-0.1, -0.05) is 60.7 Å². The van der Waals surface area contributed by atoms with Crippen LogP contribution in [0.4, 0.5) is 17.1 Å². The Balaban J connectivity index is 1.48. The number of nitrogens with two attached hydrogens (primary N) is 1. The number of thiocarbonyl (C=S) groups is 1. The van der Waals surface area contributed by atoms with Gasteiger partial charge in [-0.3, -0.25) is 9.59 Å². The smallest absolute Gasteiger partial charge is 0.250 e. The Bertz CT molecular complexity index is 1350. The molecule has 8 heteroatoms. The summed E-state index contributed by atoms with van der Waals surface area (Å²) in [5, 5.41) is 9.11. The van der Waals surface area contributed by atoms with Crippen LogP contribution in [0.15, 0.2) is 114 Å². The highest BCUT2D eigenvalue weighted by Gasteiger charge is 2.23. The Morgan fingerprint density at radius 3 is 1.89 bits per heavy atom. The number of nitrogens with one attached hydrogen (secondary N) is 3. The van der Waals surface area contributed by atoms with Gasteiger partial charge in [-0.25, -0.2) is 0 Å². The van der Waals surface area contributed by atoms with E-state index >= 15 is 0 Å². The molecular formula is C28H24N4O2S2. The van der Waals surface area contributed by atoms with Gasteiger partial charge >= 0.3 is 0 Å². The maximum absolute atomic E-state index is 13.4. The van der Waals surface area contributed by atoms with Gasteiger partial charge in [-0.15, -0.1) is 11.8 Å². The third-order valence-corrected chi connectivity index (χ3v) is 6.66. The van der Waals surface area contributed by atoms with Crippen molar-refractivity contribution >= 4 is 58.0 Å². The van der Waals surface area contributed by atoms with Crippen molar-refractivity contribution in [3.63, 3.8) is 0 Å². The van der Waals surface area contributed by atoms with Crippen LogP contribution in [-0.4, -0.2) is 16.9 Å². The first-order chi connectivity index (χ1) is 17.5. The SMILES string of the molecule is NC(=O)c1ccccc1NC(=O)C(Sc1ccc(NC(=S)Nc2ccccc2)cc1)c1ccccc1. The van der Waals surface area contributed by atoms with E-state index in [0.717, 1.165) is 21.8 Å². The van der Waals surface area contributed by atoms with Gasteiger partial charge in [0.1, 0.15) is 5.25 Å². The number of carbonyl (C=O) groups excluding carboxylic acids is 2. The average molecular weight is 513 g/mol. The summed E-state index contributed by atoms with van der Waals surface area (Å²) in [5.74, 6) is -0.854. The molecular weight excluding hydrogens is 488 g/mol. The molecule has 36 heavy (non-hydrogen) atoms. The number of benzene rings is 4. The van der Waals surface area contributed by atoms with Gasteiger partial charge in [0.2, 0.25) is 5.91 Å². The molecule has 0 aliphatic heterocycles. The molecule has 5 N–H and O–H groups in total. The molecule has 0 bridgehead atoms. The Morgan fingerprint density at radius 1 is 0.694 bits per heavy atom. The molecule has 0 heterocycles. The first kappa shape index (κ1) is 25.0. The minimum Gasteiger partial charge on any atom is -0.366 e. The molecule has 2 amide bonds. The van der Waals surface area contributed by atoms with Crippen LogP contribution < -0.4 is 21.7 Å². The van der Waals surface area contributed by atoms with Gasteiger partial charge in [0.05, 0.1) is 11.3 Å². The fraction of sp³-hybridized carbons (Fsp3) is 0.0357. The normalized spacial score (nSPS) is 11.2. The zero-order chi connectivity index (χ0) is 25.3. The van der Waals surface area contributed by atoms with Gasteiger partial charge in [-0.2, -0.15) is 0 Å². The van der Waals surface area contributed by atoms with E-state index in [0.29, 0.717) is 10.8 Å². The Labute approximate surface area is 219 Å².